The van der Waals surface area contributed by atoms with Gasteiger partial charge in [-0.2, -0.15) is 0 Å². The molecule has 132 valence electrons. The van der Waals surface area contributed by atoms with E-state index >= 15 is 0 Å². The smallest absolute Gasteiger partial charge is 0.191 e. The maximum absolute atomic E-state index is 10.6. The summed E-state index contributed by atoms with van der Waals surface area (Å²) in [6.07, 6.45) is 5.16. The normalized spacial score (nSPS) is 17.5. The largest absolute Gasteiger partial charge is 0.388 e. The maximum Gasteiger partial charge on any atom is 0.191 e. The van der Waals surface area contributed by atoms with Gasteiger partial charge < -0.3 is 20.3 Å². The molecule has 7 heteroatoms. The summed E-state index contributed by atoms with van der Waals surface area (Å²) in [5, 5.41) is 21.0. The molecule has 1 fully saturated rings. The first-order chi connectivity index (χ1) is 10.5. The monoisotopic (exact) mass is 436 g/mol. The van der Waals surface area contributed by atoms with Crippen LogP contribution in [0.15, 0.2) is 9.52 Å². The second kappa shape index (κ2) is 9.46. The highest BCUT2D eigenvalue weighted by molar-refractivity contribution is 14.0. The third-order valence-corrected chi connectivity index (χ3v) is 4.29. The molecule has 0 unspecified atom stereocenters. The average molecular weight is 436 g/mol. The van der Waals surface area contributed by atoms with Crippen molar-refractivity contribution in [2.45, 2.75) is 65.0 Å². The molecule has 1 aromatic rings. The van der Waals surface area contributed by atoms with Crippen LogP contribution in [0.2, 0.25) is 0 Å². The molecule has 23 heavy (non-hydrogen) atoms. The summed E-state index contributed by atoms with van der Waals surface area (Å²) in [5.74, 6) is 1.53. The van der Waals surface area contributed by atoms with Crippen LogP contribution in [0.3, 0.4) is 0 Å². The van der Waals surface area contributed by atoms with Crippen LogP contribution in [0.1, 0.15) is 56.0 Å². The number of nitrogens with zero attached hydrogens (tertiary/aromatic N) is 2. The topological polar surface area (TPSA) is 82.7 Å². The minimum Gasteiger partial charge on any atom is -0.388 e. The molecule has 1 saturated carbocycles. The molecule has 0 atom stereocenters. The van der Waals surface area contributed by atoms with Gasteiger partial charge in [-0.1, -0.05) is 24.4 Å². The molecule has 0 saturated heterocycles. The number of rotatable bonds is 5. The third-order valence-electron chi connectivity index (χ3n) is 4.29. The molecule has 2 rings (SSSR count). The summed E-state index contributed by atoms with van der Waals surface area (Å²) in [7, 11) is 0. The van der Waals surface area contributed by atoms with E-state index in [-0.39, 0.29) is 24.0 Å². The molecule has 3 N–H and O–H groups in total. The van der Waals surface area contributed by atoms with Gasteiger partial charge in [0.1, 0.15) is 5.76 Å². The first-order valence-corrected chi connectivity index (χ1v) is 8.20. The van der Waals surface area contributed by atoms with E-state index in [9.17, 15) is 5.11 Å². The Hall–Kier alpha value is -0.830. The fourth-order valence-electron chi connectivity index (χ4n) is 2.86. The number of aliphatic imine (C=N–C) groups is 1. The van der Waals surface area contributed by atoms with Gasteiger partial charge in [-0.3, -0.25) is 0 Å². The number of aryl methyl sites for hydroxylation is 2. The number of guanidine groups is 1. The number of aromatic nitrogens is 1. The van der Waals surface area contributed by atoms with E-state index in [1.807, 2.05) is 20.8 Å². The predicted octanol–water partition coefficient (Wildman–Crippen LogP) is 2.66. The molecule has 0 radical (unpaired) electrons. The van der Waals surface area contributed by atoms with Crippen molar-refractivity contribution >= 4 is 29.9 Å². The van der Waals surface area contributed by atoms with Gasteiger partial charge in [0.15, 0.2) is 5.96 Å². The zero-order valence-corrected chi connectivity index (χ0v) is 16.6. The Morgan fingerprint density at radius 2 is 1.96 bits per heavy atom. The van der Waals surface area contributed by atoms with E-state index in [0.717, 1.165) is 55.2 Å². The van der Waals surface area contributed by atoms with Crippen LogP contribution < -0.4 is 10.6 Å². The average Bonchev–Trinajstić information content (AvgIpc) is 2.82. The summed E-state index contributed by atoms with van der Waals surface area (Å²) in [4.78, 5) is 4.58. The maximum atomic E-state index is 10.6. The van der Waals surface area contributed by atoms with Crippen LogP contribution in [-0.4, -0.2) is 34.9 Å². The highest BCUT2D eigenvalue weighted by Gasteiger charge is 2.29. The number of halogens is 1. The van der Waals surface area contributed by atoms with E-state index in [1.165, 1.54) is 6.42 Å². The van der Waals surface area contributed by atoms with Gasteiger partial charge in [0, 0.05) is 18.7 Å². The first kappa shape index (κ1) is 20.2. The second-order valence-electron chi connectivity index (χ2n) is 6.14. The minimum absolute atomic E-state index is 0. The van der Waals surface area contributed by atoms with E-state index in [0.29, 0.717) is 13.1 Å². The Bertz CT molecular complexity index is 491. The molecule has 0 amide bonds. The van der Waals surface area contributed by atoms with Crippen molar-refractivity contribution in [3.63, 3.8) is 0 Å². The SMILES string of the molecule is CCNC(=NCc1c(C)noc1C)NCC1(O)CCCCC1.I. The van der Waals surface area contributed by atoms with Gasteiger partial charge in [0.05, 0.1) is 17.8 Å². The Balaban J connectivity index is 0.00000264. The van der Waals surface area contributed by atoms with E-state index in [1.54, 1.807) is 0 Å². The Morgan fingerprint density at radius 1 is 1.26 bits per heavy atom. The summed E-state index contributed by atoms with van der Waals surface area (Å²) in [6.45, 7) is 7.70. The lowest BCUT2D eigenvalue weighted by Gasteiger charge is -2.32. The summed E-state index contributed by atoms with van der Waals surface area (Å²) < 4.78 is 5.16. The van der Waals surface area contributed by atoms with Crippen LogP contribution in [0.5, 0.6) is 0 Å². The molecule has 6 nitrogen and oxygen atoms in total. The van der Waals surface area contributed by atoms with Crippen LogP contribution in [0.4, 0.5) is 0 Å². The Kier molecular flexibility index (Phi) is 8.32. The molecule has 0 bridgehead atoms. The molecular weight excluding hydrogens is 407 g/mol. The predicted molar refractivity (Wildman–Crippen MR) is 102 cm³/mol. The molecule has 1 aromatic heterocycles. The van der Waals surface area contributed by atoms with Crippen LogP contribution >= 0.6 is 24.0 Å². The van der Waals surface area contributed by atoms with Crippen molar-refractivity contribution in [2.75, 3.05) is 13.1 Å². The highest BCUT2D eigenvalue weighted by Crippen LogP contribution is 2.27. The van der Waals surface area contributed by atoms with Crippen LogP contribution in [0.25, 0.3) is 0 Å². The van der Waals surface area contributed by atoms with Gasteiger partial charge in [0.2, 0.25) is 0 Å². The zero-order chi connectivity index (χ0) is 16.0. The number of hydrogen-bond donors (Lipinski definition) is 3. The van der Waals surface area contributed by atoms with Gasteiger partial charge in [-0.25, -0.2) is 4.99 Å². The van der Waals surface area contributed by atoms with Crippen molar-refractivity contribution in [3.8, 4) is 0 Å². The zero-order valence-electron chi connectivity index (χ0n) is 14.3. The lowest BCUT2D eigenvalue weighted by Crippen LogP contribution is -2.48. The number of aliphatic hydroxyl groups is 1. The summed E-state index contributed by atoms with van der Waals surface area (Å²) >= 11 is 0. The lowest BCUT2D eigenvalue weighted by atomic mass is 9.85. The van der Waals surface area contributed by atoms with Crippen molar-refractivity contribution in [1.82, 2.24) is 15.8 Å². The van der Waals surface area contributed by atoms with E-state index in [4.69, 9.17) is 4.52 Å². The standard InChI is InChI=1S/C16H28N4O2.HI/c1-4-17-15(18-10-14-12(2)20-22-13(14)3)19-11-16(21)8-6-5-7-9-16;/h21H,4-11H2,1-3H3,(H2,17,18,19);1H. The Morgan fingerprint density at radius 3 is 2.52 bits per heavy atom. The number of hydrogen-bond acceptors (Lipinski definition) is 4. The van der Waals surface area contributed by atoms with Gasteiger partial charge >= 0.3 is 0 Å². The second-order valence-corrected chi connectivity index (χ2v) is 6.14. The van der Waals surface area contributed by atoms with Crippen molar-refractivity contribution in [2.24, 2.45) is 4.99 Å². The fourth-order valence-corrected chi connectivity index (χ4v) is 2.86. The molecule has 1 aliphatic rings. The van der Waals surface area contributed by atoms with Crippen molar-refractivity contribution < 1.29 is 9.63 Å². The highest BCUT2D eigenvalue weighted by atomic mass is 127. The van der Waals surface area contributed by atoms with Gasteiger partial charge in [0.25, 0.3) is 0 Å². The molecular formula is C16H29IN4O2. The van der Waals surface area contributed by atoms with Crippen LogP contribution in [0, 0.1) is 13.8 Å². The molecule has 1 aliphatic carbocycles. The molecule has 0 spiro atoms. The van der Waals surface area contributed by atoms with E-state index < -0.39 is 5.60 Å². The molecule has 0 aromatic carbocycles. The van der Waals surface area contributed by atoms with Crippen LogP contribution in [-0.2, 0) is 6.54 Å². The van der Waals surface area contributed by atoms with Crippen molar-refractivity contribution in [3.05, 3.63) is 17.0 Å². The summed E-state index contributed by atoms with van der Waals surface area (Å²) in [6, 6.07) is 0. The van der Waals surface area contributed by atoms with Gasteiger partial charge in [-0.05, 0) is 33.6 Å². The Labute approximate surface area is 155 Å². The van der Waals surface area contributed by atoms with Gasteiger partial charge in [-0.15, -0.1) is 24.0 Å². The minimum atomic E-state index is -0.600. The molecule has 1 heterocycles. The number of nitrogens with one attached hydrogen (secondary N) is 2. The lowest BCUT2D eigenvalue weighted by molar-refractivity contribution is 0.00859. The van der Waals surface area contributed by atoms with E-state index in [2.05, 4.69) is 20.8 Å². The first-order valence-electron chi connectivity index (χ1n) is 8.20. The van der Waals surface area contributed by atoms with Crippen molar-refractivity contribution in [1.29, 1.82) is 0 Å². The quantitative estimate of drug-likeness (QED) is 0.376. The fraction of sp³-hybridized carbons (Fsp3) is 0.750. The molecule has 0 aliphatic heterocycles. The summed E-state index contributed by atoms with van der Waals surface area (Å²) in [5.41, 5.74) is 1.30. The third kappa shape index (κ3) is 5.95.